The number of carbonyl (C=O) groups is 1. The summed E-state index contributed by atoms with van der Waals surface area (Å²) in [5, 5.41) is 0. The minimum Gasteiger partial charge on any atom is -0.343 e. The minimum absolute atomic E-state index is 0.0278. The Hall–Kier alpha value is -1.42. The molecule has 1 aliphatic rings. The van der Waals surface area contributed by atoms with Crippen molar-refractivity contribution in [3.05, 3.63) is 29.1 Å². The summed E-state index contributed by atoms with van der Waals surface area (Å²) in [5.74, 6) is 0.813. The third-order valence-electron chi connectivity index (χ3n) is 3.64. The highest BCUT2D eigenvalue weighted by Gasteiger charge is 2.25. The van der Waals surface area contributed by atoms with Crippen molar-refractivity contribution >= 4 is 5.91 Å². The van der Waals surface area contributed by atoms with Crippen molar-refractivity contribution in [2.24, 2.45) is 5.92 Å². The van der Waals surface area contributed by atoms with E-state index in [1.165, 1.54) is 6.42 Å². The van der Waals surface area contributed by atoms with E-state index in [1.807, 2.05) is 26.8 Å². The van der Waals surface area contributed by atoms with Crippen LogP contribution in [-0.2, 0) is 6.54 Å². The number of pyridine rings is 1. The third-order valence-corrected chi connectivity index (χ3v) is 3.64. The fourth-order valence-electron chi connectivity index (χ4n) is 2.45. The molecule has 1 aromatic heterocycles. The molecule has 0 bridgehead atoms. The van der Waals surface area contributed by atoms with Gasteiger partial charge in [-0.1, -0.05) is 27.2 Å². The van der Waals surface area contributed by atoms with Gasteiger partial charge >= 0.3 is 0 Å². The van der Waals surface area contributed by atoms with E-state index in [1.54, 1.807) is 19.0 Å². The monoisotopic (exact) mass is 291 g/mol. The highest BCUT2D eigenvalue weighted by Crippen LogP contribution is 2.21. The number of nitrogens with zero attached hydrogens (tertiary/aromatic N) is 3. The standard InChI is InChI=1S/C15H23N3O.C2H6/c1-5-12-8-18(9-12)10-13-6-11(2)7-14(16-13)15(19)17(3)4;1-2/h6-7,12H,5,8-10H2,1-4H3;1-2H3. The average molecular weight is 291 g/mol. The van der Waals surface area contributed by atoms with Crippen molar-refractivity contribution in [2.45, 2.75) is 40.7 Å². The van der Waals surface area contributed by atoms with Gasteiger partial charge in [0.05, 0.1) is 5.69 Å². The van der Waals surface area contributed by atoms with Crippen LogP contribution in [0.4, 0.5) is 0 Å². The topological polar surface area (TPSA) is 36.4 Å². The fraction of sp³-hybridized carbons (Fsp3) is 0.647. The van der Waals surface area contributed by atoms with Gasteiger partial charge in [0.25, 0.3) is 5.91 Å². The quantitative estimate of drug-likeness (QED) is 0.856. The first-order valence-electron chi connectivity index (χ1n) is 7.91. The largest absolute Gasteiger partial charge is 0.343 e. The first-order chi connectivity index (χ1) is 9.99. The van der Waals surface area contributed by atoms with Crippen LogP contribution < -0.4 is 0 Å². The molecule has 0 saturated carbocycles. The molecule has 0 unspecified atom stereocenters. The molecule has 2 heterocycles. The minimum atomic E-state index is -0.0278. The van der Waals surface area contributed by atoms with Gasteiger partial charge < -0.3 is 4.90 Å². The van der Waals surface area contributed by atoms with Crippen LogP contribution >= 0.6 is 0 Å². The number of hydrogen-bond acceptors (Lipinski definition) is 3. The lowest BCUT2D eigenvalue weighted by Crippen LogP contribution is -2.45. The molecular weight excluding hydrogens is 262 g/mol. The molecule has 1 aliphatic heterocycles. The predicted molar refractivity (Wildman–Crippen MR) is 87.4 cm³/mol. The van der Waals surface area contributed by atoms with Crippen molar-refractivity contribution in [1.82, 2.24) is 14.8 Å². The molecule has 2 rings (SSSR count). The highest BCUT2D eigenvalue weighted by molar-refractivity contribution is 5.92. The molecule has 0 aliphatic carbocycles. The van der Waals surface area contributed by atoms with Crippen LogP contribution in [0.2, 0.25) is 0 Å². The Bertz CT molecular complexity index is 465. The first-order valence-corrected chi connectivity index (χ1v) is 7.91. The number of hydrogen-bond donors (Lipinski definition) is 0. The average Bonchev–Trinajstić information content (AvgIpc) is 2.43. The summed E-state index contributed by atoms with van der Waals surface area (Å²) in [5.41, 5.74) is 2.65. The molecule has 0 atom stereocenters. The van der Waals surface area contributed by atoms with Gasteiger partial charge in [-0.15, -0.1) is 0 Å². The second-order valence-corrected chi connectivity index (χ2v) is 5.69. The van der Waals surface area contributed by atoms with E-state index in [9.17, 15) is 4.79 Å². The van der Waals surface area contributed by atoms with Crippen LogP contribution in [0.1, 0.15) is 48.9 Å². The van der Waals surface area contributed by atoms with Gasteiger partial charge in [0.2, 0.25) is 0 Å². The molecule has 4 heteroatoms. The molecule has 0 N–H and O–H groups in total. The second kappa shape index (κ2) is 8.13. The number of aromatic nitrogens is 1. The molecule has 1 fully saturated rings. The lowest BCUT2D eigenvalue weighted by atomic mass is 9.97. The lowest BCUT2D eigenvalue weighted by Gasteiger charge is -2.38. The summed E-state index contributed by atoms with van der Waals surface area (Å²) in [6.07, 6.45) is 1.25. The van der Waals surface area contributed by atoms with Crippen LogP contribution in [-0.4, -0.2) is 47.9 Å². The van der Waals surface area contributed by atoms with Gasteiger partial charge in [-0.3, -0.25) is 9.69 Å². The molecule has 4 nitrogen and oxygen atoms in total. The zero-order valence-electron chi connectivity index (χ0n) is 14.3. The Morgan fingerprint density at radius 3 is 2.48 bits per heavy atom. The van der Waals surface area contributed by atoms with Crippen LogP contribution in [0.15, 0.2) is 12.1 Å². The molecule has 1 amide bonds. The van der Waals surface area contributed by atoms with Crippen molar-refractivity contribution in [3.63, 3.8) is 0 Å². The van der Waals surface area contributed by atoms with Gasteiger partial charge in [-0.25, -0.2) is 4.98 Å². The zero-order valence-corrected chi connectivity index (χ0v) is 14.3. The molecule has 118 valence electrons. The number of aryl methyl sites for hydroxylation is 1. The Balaban J connectivity index is 0.00000106. The molecule has 21 heavy (non-hydrogen) atoms. The molecular formula is C17H29N3O. The SMILES string of the molecule is CC.CCC1CN(Cc2cc(C)cc(C(=O)N(C)C)n2)C1. The second-order valence-electron chi connectivity index (χ2n) is 5.69. The van der Waals surface area contributed by atoms with Crippen molar-refractivity contribution in [1.29, 1.82) is 0 Å². The maximum Gasteiger partial charge on any atom is 0.271 e. The predicted octanol–water partition coefficient (Wildman–Crippen LogP) is 2.96. The zero-order chi connectivity index (χ0) is 16.0. The van der Waals surface area contributed by atoms with Crippen LogP contribution in [0.3, 0.4) is 0 Å². The maximum atomic E-state index is 12.0. The highest BCUT2D eigenvalue weighted by atomic mass is 16.2. The molecule has 1 aromatic rings. The first kappa shape index (κ1) is 17.6. The van der Waals surface area contributed by atoms with Crippen molar-refractivity contribution in [3.8, 4) is 0 Å². The Kier molecular flexibility index (Phi) is 6.82. The van der Waals surface area contributed by atoms with Gasteiger partial charge in [0.1, 0.15) is 5.69 Å². The fourth-order valence-corrected chi connectivity index (χ4v) is 2.45. The summed E-state index contributed by atoms with van der Waals surface area (Å²) in [6, 6.07) is 3.93. The van der Waals surface area contributed by atoms with E-state index >= 15 is 0 Å². The summed E-state index contributed by atoms with van der Waals surface area (Å²) in [7, 11) is 3.51. The number of carbonyl (C=O) groups excluding carboxylic acids is 1. The Morgan fingerprint density at radius 1 is 1.33 bits per heavy atom. The van der Waals surface area contributed by atoms with E-state index in [0.717, 1.165) is 36.8 Å². The number of likely N-dealkylation sites (tertiary alicyclic amines) is 1. The summed E-state index contributed by atoms with van der Waals surface area (Å²) < 4.78 is 0. The Labute approximate surface area is 129 Å². The number of rotatable bonds is 4. The summed E-state index contributed by atoms with van der Waals surface area (Å²) in [6.45, 7) is 11.4. The van der Waals surface area contributed by atoms with Crippen molar-refractivity contribution in [2.75, 3.05) is 27.2 Å². The van der Waals surface area contributed by atoms with E-state index < -0.39 is 0 Å². The van der Waals surface area contributed by atoms with E-state index in [-0.39, 0.29) is 5.91 Å². The summed E-state index contributed by atoms with van der Waals surface area (Å²) in [4.78, 5) is 20.4. The van der Waals surface area contributed by atoms with Gasteiger partial charge in [-0.2, -0.15) is 0 Å². The van der Waals surface area contributed by atoms with Gasteiger partial charge in [-0.05, 0) is 30.5 Å². The Morgan fingerprint density at radius 2 is 1.95 bits per heavy atom. The molecule has 0 spiro atoms. The van der Waals surface area contributed by atoms with E-state index in [0.29, 0.717) is 5.69 Å². The van der Waals surface area contributed by atoms with Crippen LogP contribution in [0.5, 0.6) is 0 Å². The van der Waals surface area contributed by atoms with Gasteiger partial charge in [0.15, 0.2) is 0 Å². The summed E-state index contributed by atoms with van der Waals surface area (Å²) >= 11 is 0. The van der Waals surface area contributed by atoms with E-state index in [4.69, 9.17) is 0 Å². The lowest BCUT2D eigenvalue weighted by molar-refractivity contribution is 0.0814. The van der Waals surface area contributed by atoms with E-state index in [2.05, 4.69) is 22.9 Å². The smallest absolute Gasteiger partial charge is 0.271 e. The molecule has 0 aromatic carbocycles. The number of amides is 1. The normalized spacial score (nSPS) is 15.0. The van der Waals surface area contributed by atoms with Crippen LogP contribution in [0, 0.1) is 12.8 Å². The maximum absolute atomic E-state index is 12.0. The third kappa shape index (κ3) is 4.81. The molecule has 0 radical (unpaired) electrons. The van der Waals surface area contributed by atoms with Crippen LogP contribution in [0.25, 0.3) is 0 Å². The molecule has 1 saturated heterocycles. The van der Waals surface area contributed by atoms with Crippen molar-refractivity contribution < 1.29 is 4.79 Å². The van der Waals surface area contributed by atoms with Gasteiger partial charge in [0, 0.05) is 33.7 Å².